The molecular formula is C12H22B2O8P-. The van der Waals surface area contributed by atoms with Crippen LogP contribution >= 0.6 is 7.82 Å². The molecule has 4 radical (unpaired) electrons. The van der Waals surface area contributed by atoms with E-state index < -0.39 is 38.1 Å². The van der Waals surface area contributed by atoms with Gasteiger partial charge >= 0.3 is 0 Å². The first-order valence-corrected chi connectivity index (χ1v) is 8.37. The summed E-state index contributed by atoms with van der Waals surface area (Å²) in [5.41, 5.74) is 0. The maximum atomic E-state index is 11.9. The van der Waals surface area contributed by atoms with Crippen LogP contribution in [-0.4, -0.2) is 79.0 Å². The normalized spacial score (nSPS) is 40.7. The van der Waals surface area contributed by atoms with Crippen LogP contribution in [0, 0.1) is 0 Å². The molecule has 0 aromatic rings. The lowest BCUT2D eigenvalue weighted by atomic mass is 9.96. The van der Waals surface area contributed by atoms with Gasteiger partial charge in [-0.1, -0.05) is 7.40 Å². The Labute approximate surface area is 142 Å². The largest absolute Gasteiger partial charge is 0.756 e. The highest BCUT2D eigenvalue weighted by atomic mass is 31.2. The Morgan fingerprint density at radius 2 is 2.00 bits per heavy atom. The predicted octanol–water partition coefficient (Wildman–Crippen LogP) is -0.933. The van der Waals surface area contributed by atoms with Crippen LogP contribution in [0.25, 0.3) is 0 Å². The number of hydrogen-bond donors (Lipinski definition) is 1. The molecule has 0 bridgehead atoms. The molecule has 2 fully saturated rings. The van der Waals surface area contributed by atoms with Crippen molar-refractivity contribution >= 4 is 23.5 Å². The maximum absolute atomic E-state index is 11.9. The zero-order chi connectivity index (χ0) is 19.0. The standard InChI is InChI=1S/C11H19B2O8P.CH4/c1-17-6-2-10(12)20-9(6)5-18-22(15,16)21-7-3-11(13)19-8(7)4-14;/h6-11,14H,2-5H2,1H3,(H,15,16);1H4/p-1/t6?,7?,8-,9-,10-,11-;/m1./s1/i14D;1T. The van der Waals surface area contributed by atoms with Gasteiger partial charge in [0.05, 0.1) is 25.4 Å². The number of ether oxygens (including phenoxy) is 3. The predicted molar refractivity (Wildman–Crippen MR) is 81.1 cm³/mol. The summed E-state index contributed by atoms with van der Waals surface area (Å²) >= 11 is 0. The van der Waals surface area contributed by atoms with E-state index in [9.17, 15) is 9.46 Å². The second-order valence-corrected chi connectivity index (χ2v) is 6.59. The summed E-state index contributed by atoms with van der Waals surface area (Å²) in [5.74, 6) is 0. The summed E-state index contributed by atoms with van der Waals surface area (Å²) in [4.78, 5) is 11.9. The molecule has 0 aliphatic carbocycles. The maximum Gasteiger partial charge on any atom is 0.268 e. The van der Waals surface area contributed by atoms with Crippen LogP contribution in [0.15, 0.2) is 0 Å². The Balaban J connectivity index is 0.00000151. The van der Waals surface area contributed by atoms with Crippen molar-refractivity contribution in [1.29, 1.82) is 1.43 Å². The minimum atomic E-state index is -4.62. The van der Waals surface area contributed by atoms with Gasteiger partial charge in [-0.05, 0) is 12.8 Å². The Morgan fingerprint density at radius 3 is 2.61 bits per heavy atom. The van der Waals surface area contributed by atoms with E-state index in [1.165, 1.54) is 14.5 Å². The Kier molecular flexibility index (Phi) is 6.97. The fourth-order valence-electron chi connectivity index (χ4n) is 2.51. The van der Waals surface area contributed by atoms with Crippen molar-refractivity contribution in [1.82, 2.24) is 0 Å². The molecule has 1 N–H and O–H groups in total. The minimum absolute atomic E-state index is 0.148. The quantitative estimate of drug-likeness (QED) is 0.442. The highest BCUT2D eigenvalue weighted by molar-refractivity contribution is 7.45. The molecule has 2 saturated heterocycles. The van der Waals surface area contributed by atoms with Crippen LogP contribution in [0.5, 0.6) is 0 Å². The summed E-state index contributed by atoms with van der Waals surface area (Å²) in [6, 6.07) is -1.21. The third-order valence-electron chi connectivity index (χ3n) is 3.59. The van der Waals surface area contributed by atoms with E-state index in [2.05, 4.69) is 5.11 Å². The van der Waals surface area contributed by atoms with Crippen molar-refractivity contribution in [3.63, 3.8) is 0 Å². The summed E-state index contributed by atoms with van der Waals surface area (Å²) < 4.78 is 49.9. The highest BCUT2D eigenvalue weighted by Gasteiger charge is 2.37. The van der Waals surface area contributed by atoms with Crippen LogP contribution in [-0.2, 0) is 27.8 Å². The molecule has 11 heteroatoms. The van der Waals surface area contributed by atoms with Gasteiger partial charge in [0.15, 0.2) is 0 Å². The SMILES string of the molecule is [2H]OC[C@H]1O[C@@H]([B])CC1OP(=O)([O-])OC[C@H]1O[C@@H]([B])CC1OC.[3H]C. The molecule has 130 valence electrons. The van der Waals surface area contributed by atoms with Crippen LogP contribution in [0.1, 0.15) is 21.6 Å². The number of hydrogen-bond acceptors (Lipinski definition) is 8. The number of aliphatic hydroxyl groups is 1. The van der Waals surface area contributed by atoms with E-state index in [0.29, 0.717) is 6.42 Å². The third kappa shape index (κ3) is 5.83. The van der Waals surface area contributed by atoms with Crippen molar-refractivity contribution < 1.29 is 39.2 Å². The third-order valence-corrected chi connectivity index (χ3v) is 4.58. The lowest BCUT2D eigenvalue weighted by Gasteiger charge is -2.29. The molecule has 0 saturated carbocycles. The molecule has 2 rings (SSSR count). The topological polar surface area (TPSA) is 107 Å². The van der Waals surface area contributed by atoms with Crippen molar-refractivity contribution in [2.24, 2.45) is 0 Å². The van der Waals surface area contributed by atoms with E-state index in [4.69, 9.17) is 41.8 Å². The number of methoxy groups -OCH3 is 1. The highest BCUT2D eigenvalue weighted by Crippen LogP contribution is 2.43. The monoisotopic (exact) mass is 350 g/mol. The molecule has 23 heavy (non-hydrogen) atoms. The van der Waals surface area contributed by atoms with E-state index in [1.54, 1.807) is 0 Å². The number of phosphoric ester groups is 1. The second-order valence-electron chi connectivity index (χ2n) is 5.23. The van der Waals surface area contributed by atoms with Gasteiger partial charge in [-0.15, -0.1) is 0 Å². The smallest absolute Gasteiger partial charge is 0.268 e. The van der Waals surface area contributed by atoms with Crippen molar-refractivity contribution in [3.05, 3.63) is 0 Å². The molecule has 2 heterocycles. The number of rotatable bonds is 8. The first-order chi connectivity index (χ1) is 11.8. The van der Waals surface area contributed by atoms with E-state index in [0.717, 1.165) is 0 Å². The lowest BCUT2D eigenvalue weighted by molar-refractivity contribution is -0.234. The molecule has 0 spiro atoms. The average Bonchev–Trinajstić information content (AvgIpc) is 3.09. The minimum Gasteiger partial charge on any atom is -0.756 e. The number of aliphatic hydroxyl groups excluding tert-OH is 1. The van der Waals surface area contributed by atoms with E-state index in [-0.39, 0.29) is 25.7 Å². The van der Waals surface area contributed by atoms with Gasteiger partial charge in [0.25, 0.3) is 7.82 Å². The zero-order valence-corrected chi connectivity index (χ0v) is 14.1. The van der Waals surface area contributed by atoms with Crippen molar-refractivity contribution in [2.75, 3.05) is 20.3 Å². The van der Waals surface area contributed by atoms with Gasteiger partial charge in [-0.3, -0.25) is 4.57 Å². The van der Waals surface area contributed by atoms with Crippen LogP contribution in [0.2, 0.25) is 0 Å². The molecule has 0 amide bonds. The van der Waals surface area contributed by atoms with E-state index >= 15 is 0 Å². The van der Waals surface area contributed by atoms with Crippen LogP contribution < -0.4 is 4.89 Å². The van der Waals surface area contributed by atoms with Gasteiger partial charge in [0.2, 0.25) is 1.43 Å². The Hall–Kier alpha value is 0.0799. The van der Waals surface area contributed by atoms with Gasteiger partial charge < -0.3 is 33.3 Å². The first-order valence-electron chi connectivity index (χ1n) is 8.32. The average molecular weight is 350 g/mol. The van der Waals surface area contributed by atoms with Gasteiger partial charge in [0.1, 0.15) is 27.9 Å². The first kappa shape index (κ1) is 17.9. The Morgan fingerprint density at radius 1 is 1.39 bits per heavy atom. The van der Waals surface area contributed by atoms with Gasteiger partial charge in [-0.25, -0.2) is 0 Å². The summed E-state index contributed by atoms with van der Waals surface area (Å²) in [6.45, 7) is -0.434. The van der Waals surface area contributed by atoms with Crippen molar-refractivity contribution in [2.45, 2.75) is 56.7 Å². The van der Waals surface area contributed by atoms with Gasteiger partial charge in [-0.2, -0.15) is 0 Å². The Bertz CT molecular complexity index is 438. The van der Waals surface area contributed by atoms with E-state index in [1.807, 2.05) is 0 Å². The summed E-state index contributed by atoms with van der Waals surface area (Å²) in [5, 5.41) is 4.21. The van der Waals surface area contributed by atoms with Crippen LogP contribution in [0.4, 0.5) is 0 Å². The molecule has 3 unspecified atom stereocenters. The molecule has 8 nitrogen and oxygen atoms in total. The molecular weight excluding hydrogens is 325 g/mol. The summed E-state index contributed by atoms with van der Waals surface area (Å²) in [7, 11) is 9.33. The number of phosphoric acid groups is 1. The van der Waals surface area contributed by atoms with Crippen LogP contribution in [0.3, 0.4) is 0 Å². The second kappa shape index (κ2) is 8.97. The zero-order valence-electron chi connectivity index (χ0n) is 15.2. The van der Waals surface area contributed by atoms with Gasteiger partial charge in [0, 0.05) is 20.5 Å². The molecule has 2 aliphatic heterocycles. The lowest BCUT2D eigenvalue weighted by Crippen LogP contribution is -2.31. The molecule has 2 aliphatic rings. The van der Waals surface area contributed by atoms with Crippen molar-refractivity contribution in [3.8, 4) is 0 Å². The fourth-order valence-corrected chi connectivity index (χ4v) is 3.45. The molecule has 0 aromatic carbocycles. The fraction of sp³-hybridized carbons (Fsp3) is 1.00. The summed E-state index contributed by atoms with van der Waals surface area (Å²) in [6.07, 6.45) is -1.98. The molecule has 0 aromatic heterocycles. The molecule has 7 atom stereocenters.